The molecule has 4 aromatic rings. The number of pyridine rings is 1. The van der Waals surface area contributed by atoms with Crippen LogP contribution >= 0.6 is 12.2 Å². The molecule has 0 bridgehead atoms. The van der Waals surface area contributed by atoms with Crippen molar-refractivity contribution < 1.29 is 14.3 Å². The predicted octanol–water partition coefficient (Wildman–Crippen LogP) is 5.81. The largest absolute Gasteiger partial charge is 0.494 e. The Morgan fingerprint density at radius 2 is 1.85 bits per heavy atom. The fourth-order valence-corrected chi connectivity index (χ4v) is 5.19. The third-order valence-electron chi connectivity index (χ3n) is 6.67. The average Bonchev–Trinajstić information content (AvgIpc) is 3.58. The maximum Gasteiger partial charge on any atom is 0.224 e. The Morgan fingerprint density at radius 1 is 1.05 bits per heavy atom. The van der Waals surface area contributed by atoms with E-state index in [2.05, 4.69) is 31.2 Å². The number of carbonyl (C=O) groups excluding carboxylic acids is 1. The molecule has 9 heteroatoms. The Kier molecular flexibility index (Phi) is 7.79. The third kappa shape index (κ3) is 5.31. The molecule has 0 radical (unpaired) electrons. The number of methoxy groups -OCH3 is 1. The Bertz CT molecular complexity index is 1460. The van der Waals surface area contributed by atoms with Crippen LogP contribution in [-0.2, 0) is 4.79 Å². The monoisotopic (exact) mass is 541 g/mol. The highest BCUT2D eigenvalue weighted by atomic mass is 32.1. The number of benzene rings is 2. The molecule has 1 aliphatic rings. The molecule has 5 rings (SSSR count). The van der Waals surface area contributed by atoms with Gasteiger partial charge in [0, 0.05) is 41.9 Å². The van der Waals surface area contributed by atoms with Gasteiger partial charge in [0.25, 0.3) is 0 Å². The zero-order valence-corrected chi connectivity index (χ0v) is 22.9. The van der Waals surface area contributed by atoms with E-state index in [0.29, 0.717) is 29.6 Å². The standard InChI is InChI=1S/C30H31N5O3S/c1-4-27(36)32-23-16-13-21(19-26(23)37-3)35-29(28(33-30(35)39)24-9-6-7-17-31-24)25-10-8-18-34(25)20-11-14-22(15-12-20)38-5-2/h6-19,28-29H,4-5H2,1-3H3,(H,32,36)(H,33,39)/t28-,29+/m1/s1. The van der Waals surface area contributed by atoms with Crippen LogP contribution in [0.3, 0.4) is 0 Å². The Morgan fingerprint density at radius 3 is 2.54 bits per heavy atom. The summed E-state index contributed by atoms with van der Waals surface area (Å²) in [7, 11) is 1.59. The van der Waals surface area contributed by atoms with Gasteiger partial charge in [0.1, 0.15) is 17.5 Å². The molecule has 2 aromatic carbocycles. The summed E-state index contributed by atoms with van der Waals surface area (Å²) in [6.45, 7) is 4.40. The lowest BCUT2D eigenvalue weighted by atomic mass is 10.0. The molecule has 2 atom stereocenters. The van der Waals surface area contributed by atoms with Gasteiger partial charge in [-0.25, -0.2) is 0 Å². The third-order valence-corrected chi connectivity index (χ3v) is 6.98. The first-order chi connectivity index (χ1) is 19.0. The van der Waals surface area contributed by atoms with Crippen molar-refractivity contribution in [1.82, 2.24) is 14.9 Å². The lowest BCUT2D eigenvalue weighted by Gasteiger charge is -2.29. The highest BCUT2D eigenvalue weighted by Gasteiger charge is 2.42. The zero-order valence-electron chi connectivity index (χ0n) is 22.1. The van der Waals surface area contributed by atoms with Crippen molar-refractivity contribution in [2.45, 2.75) is 32.4 Å². The van der Waals surface area contributed by atoms with Gasteiger partial charge < -0.3 is 29.6 Å². The van der Waals surface area contributed by atoms with Crippen molar-refractivity contribution in [3.05, 3.63) is 96.6 Å². The molecule has 39 heavy (non-hydrogen) atoms. The number of anilines is 2. The quantitative estimate of drug-likeness (QED) is 0.259. The lowest BCUT2D eigenvalue weighted by Crippen LogP contribution is -2.30. The molecule has 0 saturated carbocycles. The maximum absolute atomic E-state index is 12.1. The first-order valence-electron chi connectivity index (χ1n) is 12.9. The van der Waals surface area contributed by atoms with Gasteiger partial charge in [0.2, 0.25) is 5.91 Å². The number of ether oxygens (including phenoxy) is 2. The van der Waals surface area contributed by atoms with E-state index in [9.17, 15) is 4.79 Å². The Labute approximate surface area is 233 Å². The first kappa shape index (κ1) is 26.2. The van der Waals surface area contributed by atoms with E-state index in [1.807, 2.05) is 86.8 Å². The molecule has 2 N–H and O–H groups in total. The molecule has 0 unspecified atom stereocenters. The van der Waals surface area contributed by atoms with Gasteiger partial charge in [0.05, 0.1) is 31.1 Å². The van der Waals surface area contributed by atoms with Crippen LogP contribution in [-0.4, -0.2) is 34.3 Å². The minimum Gasteiger partial charge on any atom is -0.494 e. The molecule has 8 nitrogen and oxygen atoms in total. The highest BCUT2D eigenvalue weighted by molar-refractivity contribution is 7.80. The summed E-state index contributed by atoms with van der Waals surface area (Å²) in [5.41, 5.74) is 4.37. The van der Waals surface area contributed by atoms with E-state index < -0.39 is 0 Å². The van der Waals surface area contributed by atoms with E-state index in [0.717, 1.165) is 28.5 Å². The summed E-state index contributed by atoms with van der Waals surface area (Å²) in [6, 6.07) is 23.3. The number of carbonyl (C=O) groups is 1. The van der Waals surface area contributed by atoms with Gasteiger partial charge in [-0.2, -0.15) is 0 Å². The Balaban J connectivity index is 1.60. The molecule has 1 amide bonds. The minimum atomic E-state index is -0.227. The molecular formula is C30H31N5O3S. The fraction of sp³-hybridized carbons (Fsp3) is 0.233. The smallest absolute Gasteiger partial charge is 0.224 e. The van der Waals surface area contributed by atoms with Crippen molar-refractivity contribution >= 4 is 34.6 Å². The Hall–Kier alpha value is -4.37. The van der Waals surface area contributed by atoms with Gasteiger partial charge in [-0.3, -0.25) is 9.78 Å². The number of hydrogen-bond donors (Lipinski definition) is 2. The average molecular weight is 542 g/mol. The van der Waals surface area contributed by atoms with Crippen LogP contribution in [0.5, 0.6) is 11.5 Å². The number of aromatic nitrogens is 2. The number of rotatable bonds is 9. The van der Waals surface area contributed by atoms with E-state index >= 15 is 0 Å². The SMILES string of the molecule is CCOc1ccc(-n2cccc2[C@H]2[C@@H](c3ccccn3)NC(=S)N2c2ccc(NC(=O)CC)c(OC)c2)cc1. The summed E-state index contributed by atoms with van der Waals surface area (Å²) in [6.07, 6.45) is 4.21. The summed E-state index contributed by atoms with van der Waals surface area (Å²) in [4.78, 5) is 18.8. The van der Waals surface area contributed by atoms with Crippen LogP contribution in [0.15, 0.2) is 85.2 Å². The number of nitrogens with zero attached hydrogens (tertiary/aromatic N) is 3. The highest BCUT2D eigenvalue weighted by Crippen LogP contribution is 2.44. The van der Waals surface area contributed by atoms with Gasteiger partial charge in [0.15, 0.2) is 5.11 Å². The molecule has 0 spiro atoms. The molecule has 1 saturated heterocycles. The molecule has 1 fully saturated rings. The fourth-order valence-electron chi connectivity index (χ4n) is 4.84. The zero-order chi connectivity index (χ0) is 27.4. The van der Waals surface area contributed by atoms with Gasteiger partial charge in [-0.15, -0.1) is 0 Å². The van der Waals surface area contributed by atoms with Crippen molar-refractivity contribution in [2.24, 2.45) is 0 Å². The van der Waals surface area contributed by atoms with Gasteiger partial charge in [-0.05, 0) is 79.8 Å². The molecule has 1 aliphatic heterocycles. The van der Waals surface area contributed by atoms with Crippen molar-refractivity contribution in [2.75, 3.05) is 23.9 Å². The van der Waals surface area contributed by atoms with Crippen LogP contribution in [0.2, 0.25) is 0 Å². The van der Waals surface area contributed by atoms with E-state index in [1.54, 1.807) is 13.3 Å². The van der Waals surface area contributed by atoms with Gasteiger partial charge >= 0.3 is 0 Å². The maximum atomic E-state index is 12.1. The van der Waals surface area contributed by atoms with Crippen LogP contribution in [0.1, 0.15) is 43.7 Å². The van der Waals surface area contributed by atoms with Gasteiger partial charge in [-0.1, -0.05) is 13.0 Å². The van der Waals surface area contributed by atoms with E-state index in [4.69, 9.17) is 21.7 Å². The summed E-state index contributed by atoms with van der Waals surface area (Å²) < 4.78 is 13.5. The van der Waals surface area contributed by atoms with Crippen molar-refractivity contribution in [3.63, 3.8) is 0 Å². The topological polar surface area (TPSA) is 80.7 Å². The predicted molar refractivity (Wildman–Crippen MR) is 157 cm³/mol. The molecule has 200 valence electrons. The number of nitrogens with one attached hydrogen (secondary N) is 2. The summed E-state index contributed by atoms with van der Waals surface area (Å²) in [5.74, 6) is 1.30. The van der Waals surface area contributed by atoms with Crippen LogP contribution in [0, 0.1) is 0 Å². The second-order valence-electron chi connectivity index (χ2n) is 9.01. The van der Waals surface area contributed by atoms with Crippen molar-refractivity contribution in [3.8, 4) is 17.2 Å². The number of hydrogen-bond acceptors (Lipinski definition) is 5. The second kappa shape index (κ2) is 11.6. The van der Waals surface area contributed by atoms with Crippen molar-refractivity contribution in [1.29, 1.82) is 0 Å². The molecule has 2 aromatic heterocycles. The van der Waals surface area contributed by atoms with Crippen LogP contribution < -0.4 is 25.0 Å². The summed E-state index contributed by atoms with van der Waals surface area (Å²) >= 11 is 5.91. The van der Waals surface area contributed by atoms with Crippen LogP contribution in [0.25, 0.3) is 5.69 Å². The molecule has 0 aliphatic carbocycles. The first-order valence-corrected chi connectivity index (χ1v) is 13.3. The summed E-state index contributed by atoms with van der Waals surface area (Å²) in [5, 5.41) is 6.98. The second-order valence-corrected chi connectivity index (χ2v) is 9.40. The van der Waals surface area contributed by atoms with E-state index in [1.165, 1.54) is 0 Å². The van der Waals surface area contributed by atoms with Crippen LogP contribution in [0.4, 0.5) is 11.4 Å². The normalized spacial score (nSPS) is 16.6. The number of amides is 1. The number of thiocarbonyl (C=S) groups is 1. The lowest BCUT2D eigenvalue weighted by molar-refractivity contribution is -0.115. The minimum absolute atomic E-state index is 0.0827. The molecular weight excluding hydrogens is 510 g/mol. The van der Waals surface area contributed by atoms with E-state index in [-0.39, 0.29) is 18.0 Å². The molecule has 3 heterocycles.